The third-order valence-corrected chi connectivity index (χ3v) is 3.87. The molecule has 1 saturated heterocycles. The molecule has 1 rings (SSSR count). The molecule has 118 valence electrons. The summed E-state index contributed by atoms with van der Waals surface area (Å²) >= 11 is 1.87. The Balaban J connectivity index is 0.00000361. The highest BCUT2D eigenvalue weighted by molar-refractivity contribution is 7.99. The largest absolute Gasteiger partial charge is 0.350 e. The molecule has 1 atom stereocenters. The van der Waals surface area contributed by atoms with E-state index >= 15 is 0 Å². The number of nitrogens with zero attached hydrogens (tertiary/aromatic N) is 1. The van der Waals surface area contributed by atoms with Crippen molar-refractivity contribution in [2.45, 2.75) is 38.8 Å². The second kappa shape index (κ2) is 8.74. The van der Waals surface area contributed by atoms with E-state index in [-0.39, 0.29) is 42.3 Å². The van der Waals surface area contributed by atoms with E-state index in [0.29, 0.717) is 6.42 Å². The predicted octanol–water partition coefficient (Wildman–Crippen LogP) is 0.876. The van der Waals surface area contributed by atoms with Crippen molar-refractivity contribution >= 4 is 36.0 Å². The molecule has 5 nitrogen and oxygen atoms in total. The van der Waals surface area contributed by atoms with Crippen LogP contribution in [-0.2, 0) is 9.59 Å². The van der Waals surface area contributed by atoms with Crippen molar-refractivity contribution in [1.82, 2.24) is 15.5 Å². The number of hydrogen-bond donors (Lipinski definition) is 2. The Hall–Kier alpha value is -0.460. The van der Waals surface area contributed by atoms with Crippen molar-refractivity contribution in [2.75, 3.05) is 31.6 Å². The lowest BCUT2D eigenvalue weighted by atomic mass is 10.1. The van der Waals surface area contributed by atoms with E-state index in [2.05, 4.69) is 10.6 Å². The fraction of sp³-hybridized carbons (Fsp3) is 0.846. The number of thioether (sulfide) groups is 1. The molecule has 1 heterocycles. The number of rotatable bonds is 4. The number of amides is 2. The maximum Gasteiger partial charge on any atom is 0.240 e. The van der Waals surface area contributed by atoms with Crippen molar-refractivity contribution < 1.29 is 9.59 Å². The summed E-state index contributed by atoms with van der Waals surface area (Å²) in [5.41, 5.74) is -0.261. The van der Waals surface area contributed by atoms with Crippen molar-refractivity contribution in [3.63, 3.8) is 0 Å². The predicted molar refractivity (Wildman–Crippen MR) is 86.5 cm³/mol. The van der Waals surface area contributed by atoms with Gasteiger partial charge in [-0.1, -0.05) is 0 Å². The van der Waals surface area contributed by atoms with Gasteiger partial charge in [-0.2, -0.15) is 11.8 Å². The van der Waals surface area contributed by atoms with Crippen LogP contribution in [0.4, 0.5) is 0 Å². The molecule has 0 bridgehead atoms. The fourth-order valence-electron chi connectivity index (χ4n) is 1.88. The molecule has 0 radical (unpaired) electrons. The summed E-state index contributed by atoms with van der Waals surface area (Å²) in [7, 11) is 1.68. The van der Waals surface area contributed by atoms with Gasteiger partial charge in [0.05, 0.1) is 6.54 Å². The van der Waals surface area contributed by atoms with Crippen LogP contribution >= 0.6 is 24.2 Å². The maximum absolute atomic E-state index is 12.0. The minimum absolute atomic E-state index is 0. The summed E-state index contributed by atoms with van der Waals surface area (Å²) < 4.78 is 0. The second-order valence-corrected chi connectivity index (χ2v) is 7.13. The highest BCUT2D eigenvalue weighted by Gasteiger charge is 2.21. The first-order valence-corrected chi connectivity index (χ1v) is 7.79. The summed E-state index contributed by atoms with van der Waals surface area (Å²) in [6.45, 7) is 6.86. The van der Waals surface area contributed by atoms with Gasteiger partial charge in [0.15, 0.2) is 0 Å². The topological polar surface area (TPSA) is 61.4 Å². The molecule has 20 heavy (non-hydrogen) atoms. The van der Waals surface area contributed by atoms with Gasteiger partial charge in [-0.15, -0.1) is 12.4 Å². The van der Waals surface area contributed by atoms with E-state index in [1.54, 1.807) is 7.05 Å². The standard InChI is InChI=1S/C13H25N3O2S.ClH/c1-13(2,3)15-11(17)8-16(4)12(18)7-10-9-19-6-5-14-10;/h10,14H,5-9H2,1-4H3,(H,15,17);1H. The SMILES string of the molecule is CN(CC(=O)NC(C)(C)C)C(=O)CC1CSCCN1.Cl. The molecular formula is C13H26ClN3O2S. The smallest absolute Gasteiger partial charge is 0.240 e. The lowest BCUT2D eigenvalue weighted by Crippen LogP contribution is -2.47. The van der Waals surface area contributed by atoms with Crippen LogP contribution in [0.15, 0.2) is 0 Å². The molecule has 0 aromatic carbocycles. The highest BCUT2D eigenvalue weighted by atomic mass is 35.5. The maximum atomic E-state index is 12.0. The van der Waals surface area contributed by atoms with Crippen LogP contribution in [0.25, 0.3) is 0 Å². The van der Waals surface area contributed by atoms with E-state index in [4.69, 9.17) is 0 Å². The van der Waals surface area contributed by atoms with Crippen LogP contribution in [0.5, 0.6) is 0 Å². The number of carbonyl (C=O) groups is 2. The van der Waals surface area contributed by atoms with Crippen LogP contribution in [0.1, 0.15) is 27.2 Å². The molecule has 7 heteroatoms. The Morgan fingerprint density at radius 2 is 2.05 bits per heavy atom. The Kier molecular flexibility index (Phi) is 8.54. The Labute approximate surface area is 132 Å². The van der Waals surface area contributed by atoms with E-state index in [1.165, 1.54) is 4.90 Å². The van der Waals surface area contributed by atoms with Crippen LogP contribution < -0.4 is 10.6 Å². The molecule has 1 fully saturated rings. The van der Waals surface area contributed by atoms with Gasteiger partial charge in [-0.25, -0.2) is 0 Å². The Morgan fingerprint density at radius 3 is 2.55 bits per heavy atom. The van der Waals surface area contributed by atoms with Crippen LogP contribution in [0.3, 0.4) is 0 Å². The third kappa shape index (κ3) is 7.97. The van der Waals surface area contributed by atoms with Gasteiger partial charge in [0.2, 0.25) is 11.8 Å². The lowest BCUT2D eigenvalue weighted by Gasteiger charge is -2.26. The van der Waals surface area contributed by atoms with E-state index in [0.717, 1.165) is 18.1 Å². The van der Waals surface area contributed by atoms with E-state index < -0.39 is 0 Å². The summed E-state index contributed by atoms with van der Waals surface area (Å²) in [4.78, 5) is 25.3. The highest BCUT2D eigenvalue weighted by Crippen LogP contribution is 2.11. The van der Waals surface area contributed by atoms with Crippen molar-refractivity contribution in [3.8, 4) is 0 Å². The van der Waals surface area contributed by atoms with Gasteiger partial charge in [0, 0.05) is 43.1 Å². The molecule has 2 amide bonds. The van der Waals surface area contributed by atoms with Crippen LogP contribution in [0.2, 0.25) is 0 Å². The molecular weight excluding hydrogens is 298 g/mol. The zero-order valence-corrected chi connectivity index (χ0v) is 14.3. The van der Waals surface area contributed by atoms with Gasteiger partial charge in [-0.3, -0.25) is 9.59 Å². The van der Waals surface area contributed by atoms with E-state index in [1.807, 2.05) is 32.5 Å². The third-order valence-electron chi connectivity index (χ3n) is 2.74. The minimum Gasteiger partial charge on any atom is -0.350 e. The van der Waals surface area contributed by atoms with Crippen molar-refractivity contribution in [3.05, 3.63) is 0 Å². The monoisotopic (exact) mass is 323 g/mol. The minimum atomic E-state index is -0.261. The number of likely N-dealkylation sites (N-methyl/N-ethyl adjacent to an activating group) is 1. The first kappa shape index (κ1) is 19.5. The van der Waals surface area contributed by atoms with Crippen LogP contribution in [0, 0.1) is 0 Å². The first-order valence-electron chi connectivity index (χ1n) is 6.64. The summed E-state index contributed by atoms with van der Waals surface area (Å²) in [5.74, 6) is 1.97. The van der Waals surface area contributed by atoms with Gasteiger partial charge in [-0.05, 0) is 20.8 Å². The van der Waals surface area contributed by atoms with Gasteiger partial charge in [0.25, 0.3) is 0 Å². The van der Waals surface area contributed by atoms with Gasteiger partial charge < -0.3 is 15.5 Å². The molecule has 1 unspecified atom stereocenters. The Bertz CT molecular complexity index is 328. The first-order chi connectivity index (χ1) is 8.78. The molecule has 0 aliphatic carbocycles. The zero-order valence-electron chi connectivity index (χ0n) is 12.7. The summed E-state index contributed by atoms with van der Waals surface area (Å²) in [6, 6.07) is 0.236. The number of halogens is 1. The van der Waals surface area contributed by atoms with Crippen molar-refractivity contribution in [2.24, 2.45) is 0 Å². The summed E-state index contributed by atoms with van der Waals surface area (Å²) in [5, 5.41) is 6.18. The molecule has 0 saturated carbocycles. The zero-order chi connectivity index (χ0) is 14.5. The molecule has 1 aliphatic rings. The molecule has 1 aliphatic heterocycles. The quantitative estimate of drug-likeness (QED) is 0.806. The number of hydrogen-bond acceptors (Lipinski definition) is 4. The molecule has 0 aromatic rings. The average molecular weight is 324 g/mol. The summed E-state index contributed by atoms with van der Waals surface area (Å²) in [6.07, 6.45) is 0.465. The van der Waals surface area contributed by atoms with E-state index in [9.17, 15) is 9.59 Å². The number of nitrogens with one attached hydrogen (secondary N) is 2. The molecule has 0 spiro atoms. The molecule has 0 aromatic heterocycles. The van der Waals surface area contributed by atoms with Gasteiger partial charge in [0.1, 0.15) is 0 Å². The number of carbonyl (C=O) groups excluding carboxylic acids is 2. The Morgan fingerprint density at radius 1 is 1.40 bits per heavy atom. The van der Waals surface area contributed by atoms with Gasteiger partial charge >= 0.3 is 0 Å². The second-order valence-electron chi connectivity index (χ2n) is 5.98. The normalized spacial score (nSPS) is 18.9. The average Bonchev–Trinajstić information content (AvgIpc) is 2.27. The lowest BCUT2D eigenvalue weighted by molar-refractivity contribution is -0.135. The molecule has 2 N–H and O–H groups in total. The fourth-order valence-corrected chi connectivity index (χ4v) is 2.83. The van der Waals surface area contributed by atoms with Crippen LogP contribution in [-0.4, -0.2) is 59.9 Å². The van der Waals surface area contributed by atoms with Crippen molar-refractivity contribution in [1.29, 1.82) is 0 Å².